The summed E-state index contributed by atoms with van der Waals surface area (Å²) in [5, 5.41) is 0. The highest BCUT2D eigenvalue weighted by Crippen LogP contribution is 2.17. The first-order chi connectivity index (χ1) is 8.19. The molecule has 0 spiro atoms. The van der Waals surface area contributed by atoms with Crippen LogP contribution in [0.1, 0.15) is 6.92 Å². The van der Waals surface area contributed by atoms with Crippen molar-refractivity contribution < 1.29 is 13.9 Å². The molecule has 0 radical (unpaired) electrons. The molecule has 4 nitrogen and oxygen atoms in total. The quantitative estimate of drug-likeness (QED) is 0.682. The highest BCUT2D eigenvalue weighted by atomic mass is 19.1. The van der Waals surface area contributed by atoms with Gasteiger partial charge in [-0.15, -0.1) is 0 Å². The Morgan fingerprint density at radius 2 is 2.18 bits per heavy atom. The second-order valence-corrected chi connectivity index (χ2v) is 3.83. The Morgan fingerprint density at radius 1 is 1.41 bits per heavy atom. The summed E-state index contributed by atoms with van der Waals surface area (Å²) in [5.74, 6) is -0.477. The molecule has 5 heteroatoms. The smallest absolute Gasteiger partial charge is 0.214 e. The van der Waals surface area contributed by atoms with Crippen LogP contribution in [0.5, 0.6) is 0 Å². The molecule has 0 aromatic carbocycles. The van der Waals surface area contributed by atoms with E-state index in [1.54, 1.807) is 20.3 Å². The highest BCUT2D eigenvalue weighted by molar-refractivity contribution is 5.45. The van der Waals surface area contributed by atoms with Gasteiger partial charge < -0.3 is 14.4 Å². The van der Waals surface area contributed by atoms with Crippen LogP contribution in [0.25, 0.3) is 0 Å². The van der Waals surface area contributed by atoms with Gasteiger partial charge in [0.25, 0.3) is 0 Å². The van der Waals surface area contributed by atoms with E-state index in [0.29, 0.717) is 19.8 Å². The number of hydrogen-bond donors (Lipinski definition) is 0. The number of halogens is 1. The molecule has 1 rings (SSSR count). The molecule has 0 aliphatic heterocycles. The topological polar surface area (TPSA) is 34.6 Å². The van der Waals surface area contributed by atoms with E-state index in [-0.39, 0.29) is 6.04 Å². The van der Waals surface area contributed by atoms with Crippen molar-refractivity contribution in [2.24, 2.45) is 0 Å². The fourth-order valence-corrected chi connectivity index (χ4v) is 1.70. The SMILES string of the molecule is COCCN(c1ccnc(F)c1)C(C)COC. The van der Waals surface area contributed by atoms with E-state index >= 15 is 0 Å². The van der Waals surface area contributed by atoms with E-state index < -0.39 is 5.95 Å². The maximum absolute atomic E-state index is 13.1. The number of rotatable bonds is 7. The monoisotopic (exact) mass is 242 g/mol. The van der Waals surface area contributed by atoms with E-state index in [4.69, 9.17) is 9.47 Å². The second-order valence-electron chi connectivity index (χ2n) is 3.83. The molecule has 1 atom stereocenters. The van der Waals surface area contributed by atoms with Crippen molar-refractivity contribution in [3.63, 3.8) is 0 Å². The second kappa shape index (κ2) is 7.19. The molecule has 1 aromatic heterocycles. The Labute approximate surface area is 101 Å². The number of aromatic nitrogens is 1. The lowest BCUT2D eigenvalue weighted by atomic mass is 10.2. The standard InChI is InChI=1S/C12H19FN2O2/c1-10(9-17-3)15(6-7-16-2)11-4-5-14-12(13)8-11/h4-5,8,10H,6-7,9H2,1-3H3. The van der Waals surface area contributed by atoms with Crippen molar-refractivity contribution in [2.45, 2.75) is 13.0 Å². The zero-order chi connectivity index (χ0) is 12.7. The highest BCUT2D eigenvalue weighted by Gasteiger charge is 2.14. The molecule has 0 saturated carbocycles. The maximum Gasteiger partial charge on any atom is 0.214 e. The van der Waals surface area contributed by atoms with Crippen molar-refractivity contribution >= 4 is 5.69 Å². The molecule has 0 aliphatic carbocycles. The van der Waals surface area contributed by atoms with Crippen molar-refractivity contribution in [1.29, 1.82) is 0 Å². The van der Waals surface area contributed by atoms with Gasteiger partial charge in [-0.1, -0.05) is 0 Å². The molecule has 17 heavy (non-hydrogen) atoms. The fraction of sp³-hybridized carbons (Fsp3) is 0.583. The largest absolute Gasteiger partial charge is 0.383 e. The number of anilines is 1. The van der Waals surface area contributed by atoms with Crippen molar-refractivity contribution in [2.75, 3.05) is 38.9 Å². The summed E-state index contributed by atoms with van der Waals surface area (Å²) in [6, 6.07) is 3.35. The first-order valence-electron chi connectivity index (χ1n) is 5.55. The van der Waals surface area contributed by atoms with Crippen LogP contribution in [0.2, 0.25) is 0 Å². The van der Waals surface area contributed by atoms with Crippen molar-refractivity contribution in [1.82, 2.24) is 4.98 Å². The van der Waals surface area contributed by atoms with E-state index in [1.807, 2.05) is 11.8 Å². The molecular weight excluding hydrogens is 223 g/mol. The lowest BCUT2D eigenvalue weighted by Gasteiger charge is -2.30. The Bertz CT molecular complexity index is 336. The fourth-order valence-electron chi connectivity index (χ4n) is 1.70. The van der Waals surface area contributed by atoms with Crippen molar-refractivity contribution in [3.8, 4) is 0 Å². The summed E-state index contributed by atoms with van der Waals surface area (Å²) < 4.78 is 23.3. The Balaban J connectivity index is 2.81. The summed E-state index contributed by atoms with van der Waals surface area (Å²) in [7, 11) is 3.30. The summed E-state index contributed by atoms with van der Waals surface area (Å²) in [4.78, 5) is 5.59. The minimum Gasteiger partial charge on any atom is -0.383 e. The predicted molar refractivity (Wildman–Crippen MR) is 64.8 cm³/mol. The number of ether oxygens (including phenoxy) is 2. The van der Waals surface area contributed by atoms with E-state index in [2.05, 4.69) is 4.98 Å². The van der Waals surface area contributed by atoms with Crippen LogP contribution in [0.15, 0.2) is 18.3 Å². The van der Waals surface area contributed by atoms with E-state index in [9.17, 15) is 4.39 Å². The summed E-state index contributed by atoms with van der Waals surface area (Å²) >= 11 is 0. The first-order valence-corrected chi connectivity index (χ1v) is 5.55. The molecule has 96 valence electrons. The molecule has 0 aliphatic rings. The van der Waals surface area contributed by atoms with Crippen LogP contribution in [0.4, 0.5) is 10.1 Å². The zero-order valence-corrected chi connectivity index (χ0v) is 10.5. The van der Waals surface area contributed by atoms with Gasteiger partial charge in [-0.05, 0) is 13.0 Å². The summed E-state index contributed by atoms with van der Waals surface area (Å²) in [6.45, 7) is 3.87. The van der Waals surface area contributed by atoms with Gasteiger partial charge in [0.15, 0.2) is 0 Å². The molecule has 1 heterocycles. The van der Waals surface area contributed by atoms with Crippen LogP contribution in [-0.4, -0.2) is 45.0 Å². The number of hydrogen-bond acceptors (Lipinski definition) is 4. The molecule has 0 fully saturated rings. The van der Waals surface area contributed by atoms with Gasteiger partial charge in [0, 0.05) is 44.8 Å². The van der Waals surface area contributed by atoms with Gasteiger partial charge in [-0.25, -0.2) is 4.98 Å². The lowest BCUT2D eigenvalue weighted by molar-refractivity contribution is 0.171. The Hall–Kier alpha value is -1.20. The summed E-state index contributed by atoms with van der Waals surface area (Å²) in [5.41, 5.74) is 0.791. The van der Waals surface area contributed by atoms with E-state index in [0.717, 1.165) is 5.69 Å². The van der Waals surface area contributed by atoms with Crippen LogP contribution in [0.3, 0.4) is 0 Å². The zero-order valence-electron chi connectivity index (χ0n) is 10.5. The van der Waals surface area contributed by atoms with Crippen molar-refractivity contribution in [3.05, 3.63) is 24.3 Å². The number of methoxy groups -OCH3 is 2. The molecule has 1 aromatic rings. The van der Waals surface area contributed by atoms with E-state index in [1.165, 1.54) is 12.3 Å². The van der Waals surface area contributed by atoms with Gasteiger partial charge in [-0.3, -0.25) is 0 Å². The average Bonchev–Trinajstić information content (AvgIpc) is 2.30. The van der Waals surface area contributed by atoms with Gasteiger partial charge >= 0.3 is 0 Å². The Kier molecular flexibility index (Phi) is 5.86. The van der Waals surface area contributed by atoms with Gasteiger partial charge in [-0.2, -0.15) is 4.39 Å². The van der Waals surface area contributed by atoms with Crippen LogP contribution < -0.4 is 4.90 Å². The lowest BCUT2D eigenvalue weighted by Crippen LogP contribution is -2.38. The molecule has 1 unspecified atom stereocenters. The third kappa shape index (κ3) is 4.28. The summed E-state index contributed by atoms with van der Waals surface area (Å²) in [6.07, 6.45) is 1.46. The molecule has 0 saturated heterocycles. The Morgan fingerprint density at radius 3 is 2.76 bits per heavy atom. The molecule has 0 N–H and O–H groups in total. The van der Waals surface area contributed by atoms with Crippen LogP contribution in [-0.2, 0) is 9.47 Å². The predicted octanol–water partition coefficient (Wildman–Crippen LogP) is 1.71. The van der Waals surface area contributed by atoms with Crippen LogP contribution >= 0.6 is 0 Å². The normalized spacial score (nSPS) is 12.5. The molecular formula is C12H19FN2O2. The van der Waals surface area contributed by atoms with Crippen LogP contribution in [0, 0.1) is 5.95 Å². The third-order valence-corrected chi connectivity index (χ3v) is 2.52. The van der Waals surface area contributed by atoms with Gasteiger partial charge in [0.1, 0.15) is 0 Å². The minimum absolute atomic E-state index is 0.150. The molecule has 0 amide bonds. The van der Waals surface area contributed by atoms with Gasteiger partial charge in [0.2, 0.25) is 5.95 Å². The van der Waals surface area contributed by atoms with Gasteiger partial charge in [0.05, 0.1) is 13.2 Å². The molecule has 0 bridgehead atoms. The third-order valence-electron chi connectivity index (χ3n) is 2.52. The number of nitrogens with zero attached hydrogens (tertiary/aromatic N) is 2. The first kappa shape index (κ1) is 13.9. The maximum atomic E-state index is 13.1. The average molecular weight is 242 g/mol. The minimum atomic E-state index is -0.477. The number of pyridine rings is 1.